The lowest BCUT2D eigenvalue weighted by Gasteiger charge is -2.33. The molecule has 1 saturated heterocycles. The second-order valence-corrected chi connectivity index (χ2v) is 7.35. The minimum absolute atomic E-state index is 0.0891. The molecule has 4 rings (SSSR count). The molecule has 5 nitrogen and oxygen atoms in total. The van der Waals surface area contributed by atoms with E-state index in [0.29, 0.717) is 5.92 Å². The molecule has 2 heterocycles. The largest absolute Gasteiger partial charge is 0.338 e. The third kappa shape index (κ3) is 3.41. The van der Waals surface area contributed by atoms with Gasteiger partial charge in [0.05, 0.1) is 6.04 Å². The standard InChI is InChI=1S/C20H26N4O/c1-23-12-10-21-19(23)13-15-5-4-11-24(14-15)20(25)22-18-9-8-16-6-2-3-7-17(16)18/h2-3,6-7,10,12,15,18H,4-5,8-9,11,13-14H2,1H3,(H,22,25)/t15-,18+/m1/s1. The number of benzene rings is 1. The quantitative estimate of drug-likeness (QED) is 0.935. The van der Waals surface area contributed by atoms with E-state index in [4.69, 9.17) is 0 Å². The van der Waals surface area contributed by atoms with Crippen molar-refractivity contribution in [1.29, 1.82) is 0 Å². The summed E-state index contributed by atoms with van der Waals surface area (Å²) in [7, 11) is 2.03. The monoisotopic (exact) mass is 338 g/mol. The van der Waals surface area contributed by atoms with Crippen LogP contribution in [0.5, 0.6) is 0 Å². The molecule has 1 N–H and O–H groups in total. The van der Waals surface area contributed by atoms with Crippen LogP contribution in [0, 0.1) is 5.92 Å². The minimum atomic E-state index is 0.0891. The van der Waals surface area contributed by atoms with Crippen molar-refractivity contribution in [1.82, 2.24) is 19.8 Å². The van der Waals surface area contributed by atoms with Gasteiger partial charge >= 0.3 is 6.03 Å². The zero-order valence-corrected chi connectivity index (χ0v) is 14.8. The van der Waals surface area contributed by atoms with E-state index < -0.39 is 0 Å². The molecule has 1 aliphatic carbocycles. The number of imidazole rings is 1. The molecule has 0 bridgehead atoms. The van der Waals surface area contributed by atoms with E-state index in [-0.39, 0.29) is 12.1 Å². The summed E-state index contributed by atoms with van der Waals surface area (Å²) in [6, 6.07) is 8.71. The molecule has 0 saturated carbocycles. The molecule has 2 amide bonds. The van der Waals surface area contributed by atoms with Crippen molar-refractivity contribution < 1.29 is 4.79 Å². The van der Waals surface area contributed by atoms with E-state index in [0.717, 1.165) is 44.6 Å². The number of carbonyl (C=O) groups is 1. The number of hydrogen-bond acceptors (Lipinski definition) is 2. The maximum atomic E-state index is 12.8. The average molecular weight is 338 g/mol. The first-order chi connectivity index (χ1) is 12.2. The number of urea groups is 1. The van der Waals surface area contributed by atoms with Crippen molar-refractivity contribution in [2.45, 2.75) is 38.1 Å². The van der Waals surface area contributed by atoms with Gasteiger partial charge in [-0.3, -0.25) is 0 Å². The molecule has 0 radical (unpaired) electrons. The van der Waals surface area contributed by atoms with Gasteiger partial charge in [0, 0.05) is 39.0 Å². The van der Waals surface area contributed by atoms with Gasteiger partial charge in [-0.1, -0.05) is 24.3 Å². The van der Waals surface area contributed by atoms with Crippen LogP contribution in [-0.2, 0) is 19.9 Å². The van der Waals surface area contributed by atoms with Crippen molar-refractivity contribution >= 4 is 6.03 Å². The minimum Gasteiger partial charge on any atom is -0.338 e. The topological polar surface area (TPSA) is 50.2 Å². The first-order valence-electron chi connectivity index (χ1n) is 9.30. The van der Waals surface area contributed by atoms with Gasteiger partial charge in [-0.05, 0) is 42.7 Å². The Balaban J connectivity index is 1.37. The number of carbonyl (C=O) groups excluding carboxylic acids is 1. The maximum absolute atomic E-state index is 12.8. The fourth-order valence-corrected chi connectivity index (χ4v) is 4.21. The van der Waals surface area contributed by atoms with Gasteiger partial charge < -0.3 is 14.8 Å². The second-order valence-electron chi connectivity index (χ2n) is 7.35. The van der Waals surface area contributed by atoms with Crippen molar-refractivity contribution in [2.24, 2.45) is 13.0 Å². The SMILES string of the molecule is Cn1ccnc1C[C@H]1CCCN(C(=O)N[C@H]2CCc3ccccc32)C1. The van der Waals surface area contributed by atoms with Crippen molar-refractivity contribution in [3.05, 3.63) is 53.6 Å². The summed E-state index contributed by atoms with van der Waals surface area (Å²) in [6.07, 6.45) is 9.09. The predicted octanol–water partition coefficient (Wildman–Crippen LogP) is 3.07. The van der Waals surface area contributed by atoms with Crippen molar-refractivity contribution in [3.8, 4) is 0 Å². The van der Waals surface area contributed by atoms with Crippen LogP contribution in [-0.4, -0.2) is 33.6 Å². The fraction of sp³-hybridized carbons (Fsp3) is 0.500. The van der Waals surface area contributed by atoms with Crippen LogP contribution in [0.2, 0.25) is 0 Å². The molecule has 1 aromatic carbocycles. The second kappa shape index (κ2) is 6.90. The summed E-state index contributed by atoms with van der Waals surface area (Å²) in [4.78, 5) is 19.2. The van der Waals surface area contributed by atoms with Gasteiger partial charge in [0.1, 0.15) is 5.82 Å². The van der Waals surface area contributed by atoms with Gasteiger partial charge in [0.2, 0.25) is 0 Å². The summed E-state index contributed by atoms with van der Waals surface area (Å²) in [5, 5.41) is 3.26. The van der Waals surface area contributed by atoms with E-state index >= 15 is 0 Å². The van der Waals surface area contributed by atoms with Crippen LogP contribution in [0.1, 0.15) is 42.3 Å². The zero-order valence-electron chi connectivity index (χ0n) is 14.8. The number of rotatable bonds is 3. The Morgan fingerprint density at radius 1 is 1.32 bits per heavy atom. The fourth-order valence-electron chi connectivity index (χ4n) is 4.21. The molecule has 0 unspecified atom stereocenters. The highest BCUT2D eigenvalue weighted by atomic mass is 16.2. The predicted molar refractivity (Wildman–Crippen MR) is 97.2 cm³/mol. The Hall–Kier alpha value is -2.30. The first-order valence-corrected chi connectivity index (χ1v) is 9.30. The Kier molecular flexibility index (Phi) is 4.47. The van der Waals surface area contributed by atoms with Gasteiger partial charge in [0.25, 0.3) is 0 Å². The molecular formula is C20H26N4O. The Morgan fingerprint density at radius 3 is 3.04 bits per heavy atom. The van der Waals surface area contributed by atoms with E-state index in [9.17, 15) is 4.79 Å². The van der Waals surface area contributed by atoms with Crippen molar-refractivity contribution in [2.75, 3.05) is 13.1 Å². The van der Waals surface area contributed by atoms with Gasteiger partial charge in [-0.2, -0.15) is 0 Å². The van der Waals surface area contributed by atoms with Crippen LogP contribution in [0.3, 0.4) is 0 Å². The lowest BCUT2D eigenvalue weighted by atomic mass is 9.94. The van der Waals surface area contributed by atoms with Crippen LogP contribution < -0.4 is 5.32 Å². The average Bonchev–Trinajstić information content (AvgIpc) is 3.22. The third-order valence-corrected chi connectivity index (χ3v) is 5.63. The summed E-state index contributed by atoms with van der Waals surface area (Å²) in [5.74, 6) is 1.61. The highest BCUT2D eigenvalue weighted by Gasteiger charge is 2.28. The smallest absolute Gasteiger partial charge is 0.317 e. The lowest BCUT2D eigenvalue weighted by Crippen LogP contribution is -2.46. The van der Waals surface area contributed by atoms with Crippen LogP contribution in [0.25, 0.3) is 0 Å². The molecule has 5 heteroatoms. The number of amides is 2. The normalized spacial score (nSPS) is 22.7. The molecule has 1 aromatic heterocycles. The number of aryl methyl sites for hydroxylation is 2. The summed E-state index contributed by atoms with van der Waals surface area (Å²) in [6.45, 7) is 1.68. The molecule has 2 atom stereocenters. The van der Waals surface area contributed by atoms with E-state index in [2.05, 4.69) is 39.1 Å². The van der Waals surface area contributed by atoms with E-state index in [1.54, 1.807) is 0 Å². The number of fused-ring (bicyclic) bond motifs is 1. The maximum Gasteiger partial charge on any atom is 0.317 e. The molecule has 25 heavy (non-hydrogen) atoms. The van der Waals surface area contributed by atoms with Gasteiger partial charge in [-0.15, -0.1) is 0 Å². The van der Waals surface area contributed by atoms with Gasteiger partial charge in [0.15, 0.2) is 0 Å². The number of nitrogens with one attached hydrogen (secondary N) is 1. The van der Waals surface area contributed by atoms with E-state index in [1.807, 2.05) is 24.3 Å². The lowest BCUT2D eigenvalue weighted by molar-refractivity contribution is 0.161. The number of piperidine rings is 1. The summed E-state index contributed by atoms with van der Waals surface area (Å²) < 4.78 is 2.08. The highest BCUT2D eigenvalue weighted by molar-refractivity contribution is 5.75. The molecule has 2 aromatic rings. The highest BCUT2D eigenvalue weighted by Crippen LogP contribution is 2.31. The Bertz CT molecular complexity index is 754. The van der Waals surface area contributed by atoms with Crippen LogP contribution >= 0.6 is 0 Å². The molecular weight excluding hydrogens is 312 g/mol. The molecule has 0 spiro atoms. The zero-order chi connectivity index (χ0) is 17.2. The molecule has 132 valence electrons. The molecule has 1 aliphatic heterocycles. The van der Waals surface area contributed by atoms with E-state index in [1.165, 1.54) is 17.5 Å². The summed E-state index contributed by atoms with van der Waals surface area (Å²) in [5.41, 5.74) is 2.66. The number of nitrogens with zero attached hydrogens (tertiary/aromatic N) is 3. The first kappa shape index (κ1) is 16.2. The summed E-state index contributed by atoms with van der Waals surface area (Å²) >= 11 is 0. The number of hydrogen-bond donors (Lipinski definition) is 1. The Labute approximate surface area is 149 Å². The van der Waals surface area contributed by atoms with Gasteiger partial charge in [-0.25, -0.2) is 9.78 Å². The van der Waals surface area contributed by atoms with Crippen LogP contribution in [0.15, 0.2) is 36.7 Å². The Morgan fingerprint density at radius 2 is 2.20 bits per heavy atom. The van der Waals surface area contributed by atoms with Crippen molar-refractivity contribution in [3.63, 3.8) is 0 Å². The third-order valence-electron chi connectivity index (χ3n) is 5.63. The molecule has 1 fully saturated rings. The molecule has 2 aliphatic rings. The van der Waals surface area contributed by atoms with Crippen LogP contribution in [0.4, 0.5) is 4.79 Å². The number of aromatic nitrogens is 2. The number of likely N-dealkylation sites (tertiary alicyclic amines) is 1.